The van der Waals surface area contributed by atoms with Crippen LogP contribution in [0.2, 0.25) is 0 Å². The van der Waals surface area contributed by atoms with Crippen molar-refractivity contribution in [3.05, 3.63) is 89.6 Å². The summed E-state index contributed by atoms with van der Waals surface area (Å²) in [4.78, 5) is 31.8. The molecule has 36 heavy (non-hydrogen) atoms. The Morgan fingerprint density at radius 2 is 1.75 bits per heavy atom. The summed E-state index contributed by atoms with van der Waals surface area (Å²) in [5, 5.41) is 2.84. The van der Waals surface area contributed by atoms with E-state index >= 15 is 0 Å². The molecule has 2 unspecified atom stereocenters. The Hall–Kier alpha value is -3.71. The summed E-state index contributed by atoms with van der Waals surface area (Å²) >= 11 is 0. The van der Waals surface area contributed by atoms with Crippen molar-refractivity contribution in [1.82, 2.24) is 9.88 Å². The molecule has 2 heterocycles. The Bertz CT molecular complexity index is 1190. The number of rotatable bonds is 8. The molecule has 2 aromatic carbocycles. The molecule has 4 rings (SSSR count). The van der Waals surface area contributed by atoms with Crippen LogP contribution in [-0.4, -0.2) is 34.0 Å². The fraction of sp³-hybridized carbons (Fsp3) is 0.345. The van der Waals surface area contributed by atoms with E-state index in [-0.39, 0.29) is 37.0 Å². The highest BCUT2D eigenvalue weighted by Crippen LogP contribution is 2.37. The van der Waals surface area contributed by atoms with E-state index in [4.69, 9.17) is 9.47 Å². The van der Waals surface area contributed by atoms with Gasteiger partial charge < -0.3 is 14.8 Å². The SMILES string of the molecule is CC(c1ccccc1)N(Cc1ccccc1)C(CC(=O)OC(C)(C)C)c1cnc2c(c1)NC(=O)CO2. The number of nitrogens with one attached hydrogen (secondary N) is 1. The highest BCUT2D eigenvalue weighted by Gasteiger charge is 2.32. The van der Waals surface area contributed by atoms with Crippen molar-refractivity contribution in [3.63, 3.8) is 0 Å². The van der Waals surface area contributed by atoms with Crippen molar-refractivity contribution in [1.29, 1.82) is 0 Å². The van der Waals surface area contributed by atoms with Crippen LogP contribution in [-0.2, 0) is 20.9 Å². The average Bonchev–Trinajstić information content (AvgIpc) is 2.85. The Kier molecular flexibility index (Phi) is 7.70. The number of esters is 1. The van der Waals surface area contributed by atoms with Gasteiger partial charge in [0.2, 0.25) is 5.88 Å². The van der Waals surface area contributed by atoms with Crippen LogP contribution >= 0.6 is 0 Å². The van der Waals surface area contributed by atoms with E-state index in [2.05, 4.69) is 46.4 Å². The zero-order chi connectivity index (χ0) is 25.7. The number of carbonyl (C=O) groups is 2. The van der Waals surface area contributed by atoms with Gasteiger partial charge in [-0.1, -0.05) is 60.7 Å². The van der Waals surface area contributed by atoms with Gasteiger partial charge in [-0.2, -0.15) is 0 Å². The fourth-order valence-electron chi connectivity index (χ4n) is 4.38. The predicted molar refractivity (Wildman–Crippen MR) is 138 cm³/mol. The second kappa shape index (κ2) is 10.9. The molecule has 3 aromatic rings. The first-order valence-electron chi connectivity index (χ1n) is 12.2. The van der Waals surface area contributed by atoms with Crippen LogP contribution in [0.1, 0.15) is 62.9 Å². The third-order valence-corrected chi connectivity index (χ3v) is 6.04. The number of anilines is 1. The number of aromatic nitrogens is 1. The average molecular weight is 488 g/mol. The van der Waals surface area contributed by atoms with Gasteiger partial charge in [0, 0.05) is 24.8 Å². The predicted octanol–water partition coefficient (Wildman–Crippen LogP) is 5.45. The molecule has 1 N–H and O–H groups in total. The largest absolute Gasteiger partial charge is 0.466 e. The van der Waals surface area contributed by atoms with E-state index in [9.17, 15) is 9.59 Å². The second-order valence-corrected chi connectivity index (χ2v) is 10.0. The number of ether oxygens (including phenoxy) is 2. The van der Waals surface area contributed by atoms with Crippen LogP contribution in [0.25, 0.3) is 0 Å². The molecular formula is C29H33N3O4. The van der Waals surface area contributed by atoms with Crippen LogP contribution in [0.5, 0.6) is 5.88 Å². The van der Waals surface area contributed by atoms with E-state index < -0.39 is 5.60 Å². The zero-order valence-electron chi connectivity index (χ0n) is 21.2. The van der Waals surface area contributed by atoms with Gasteiger partial charge in [-0.3, -0.25) is 14.5 Å². The van der Waals surface area contributed by atoms with Crippen LogP contribution in [0, 0.1) is 0 Å². The lowest BCUT2D eigenvalue weighted by Gasteiger charge is -2.37. The Labute approximate surface area is 212 Å². The van der Waals surface area contributed by atoms with Crippen molar-refractivity contribution < 1.29 is 19.1 Å². The number of hydrogen-bond donors (Lipinski definition) is 1. The lowest BCUT2D eigenvalue weighted by Crippen LogP contribution is -2.35. The van der Waals surface area contributed by atoms with Crippen LogP contribution in [0.15, 0.2) is 72.9 Å². The van der Waals surface area contributed by atoms with Crippen molar-refractivity contribution in [2.75, 3.05) is 11.9 Å². The Morgan fingerprint density at radius 1 is 1.08 bits per heavy atom. The van der Waals surface area contributed by atoms with Crippen molar-refractivity contribution in [2.45, 2.75) is 58.3 Å². The Morgan fingerprint density at radius 3 is 2.42 bits per heavy atom. The maximum atomic E-state index is 13.1. The maximum Gasteiger partial charge on any atom is 0.308 e. The van der Waals surface area contributed by atoms with Crippen LogP contribution in [0.3, 0.4) is 0 Å². The molecule has 188 valence electrons. The number of pyridine rings is 1. The van der Waals surface area contributed by atoms with Gasteiger partial charge in [0.15, 0.2) is 6.61 Å². The zero-order valence-corrected chi connectivity index (χ0v) is 21.2. The van der Waals surface area contributed by atoms with Crippen LogP contribution < -0.4 is 10.1 Å². The number of benzene rings is 2. The third-order valence-electron chi connectivity index (χ3n) is 6.04. The minimum atomic E-state index is -0.604. The molecule has 0 saturated heterocycles. The fourth-order valence-corrected chi connectivity index (χ4v) is 4.38. The lowest BCUT2D eigenvalue weighted by atomic mass is 9.97. The standard InChI is InChI=1S/C29H33N3O4/c1-20(22-13-9-6-10-14-22)32(18-21-11-7-5-8-12-21)25(16-27(34)36-29(2,3)4)23-15-24-28(30-17-23)35-19-26(33)31-24/h5-15,17,20,25H,16,18-19H2,1-4H3,(H,31,33). The van der Waals surface area contributed by atoms with Crippen molar-refractivity contribution >= 4 is 17.6 Å². The normalized spacial score (nSPS) is 14.9. The summed E-state index contributed by atoms with van der Waals surface area (Å²) < 4.78 is 11.2. The number of hydrogen-bond acceptors (Lipinski definition) is 6. The van der Waals surface area contributed by atoms with E-state index in [0.29, 0.717) is 18.1 Å². The first-order valence-corrected chi connectivity index (χ1v) is 12.2. The van der Waals surface area contributed by atoms with E-state index in [1.54, 1.807) is 6.20 Å². The molecular weight excluding hydrogens is 454 g/mol. The molecule has 1 aliphatic rings. The maximum absolute atomic E-state index is 13.1. The summed E-state index contributed by atoms with van der Waals surface area (Å²) in [6.07, 6.45) is 1.84. The van der Waals surface area contributed by atoms with Gasteiger partial charge in [0.05, 0.1) is 6.42 Å². The monoisotopic (exact) mass is 487 g/mol. The smallest absolute Gasteiger partial charge is 0.308 e. The minimum absolute atomic E-state index is 0.0271. The highest BCUT2D eigenvalue weighted by atomic mass is 16.6. The molecule has 0 fully saturated rings. The quantitative estimate of drug-likeness (QED) is 0.426. The second-order valence-electron chi connectivity index (χ2n) is 10.0. The van der Waals surface area contributed by atoms with Gasteiger partial charge in [0.1, 0.15) is 11.3 Å². The lowest BCUT2D eigenvalue weighted by molar-refractivity contribution is -0.156. The van der Waals surface area contributed by atoms with Gasteiger partial charge in [0.25, 0.3) is 5.91 Å². The molecule has 2 atom stereocenters. The molecule has 7 nitrogen and oxygen atoms in total. The number of amides is 1. The number of carbonyl (C=O) groups excluding carboxylic acids is 2. The number of fused-ring (bicyclic) bond motifs is 1. The number of nitrogens with zero attached hydrogens (tertiary/aromatic N) is 2. The molecule has 1 aromatic heterocycles. The molecule has 0 spiro atoms. The molecule has 0 saturated carbocycles. The van der Waals surface area contributed by atoms with Crippen molar-refractivity contribution in [3.8, 4) is 5.88 Å². The molecule has 7 heteroatoms. The summed E-state index contributed by atoms with van der Waals surface area (Å²) in [5.74, 6) is -0.159. The van der Waals surface area contributed by atoms with Gasteiger partial charge in [-0.15, -0.1) is 0 Å². The minimum Gasteiger partial charge on any atom is -0.466 e. The van der Waals surface area contributed by atoms with Crippen molar-refractivity contribution in [2.24, 2.45) is 0 Å². The third kappa shape index (κ3) is 6.49. The summed E-state index contributed by atoms with van der Waals surface area (Å²) in [7, 11) is 0. The topological polar surface area (TPSA) is 80.8 Å². The molecule has 0 bridgehead atoms. The van der Waals surface area contributed by atoms with Gasteiger partial charge >= 0.3 is 5.97 Å². The van der Waals surface area contributed by atoms with Crippen LogP contribution in [0.4, 0.5) is 5.69 Å². The van der Waals surface area contributed by atoms with E-state index in [1.165, 1.54) is 0 Å². The summed E-state index contributed by atoms with van der Waals surface area (Å²) in [6, 6.07) is 21.8. The Balaban J connectivity index is 1.77. The van der Waals surface area contributed by atoms with E-state index in [0.717, 1.165) is 16.7 Å². The molecule has 0 radical (unpaired) electrons. The van der Waals surface area contributed by atoms with E-state index in [1.807, 2.05) is 63.2 Å². The first kappa shape index (κ1) is 25.4. The highest BCUT2D eigenvalue weighted by molar-refractivity contribution is 5.94. The van der Waals surface area contributed by atoms with Gasteiger partial charge in [-0.25, -0.2) is 4.98 Å². The molecule has 0 aliphatic carbocycles. The molecule has 1 amide bonds. The summed E-state index contributed by atoms with van der Waals surface area (Å²) in [5.41, 5.74) is 2.95. The molecule has 1 aliphatic heterocycles. The first-order chi connectivity index (χ1) is 17.2. The van der Waals surface area contributed by atoms with Gasteiger partial charge in [-0.05, 0) is 50.5 Å². The summed E-state index contributed by atoms with van der Waals surface area (Å²) in [6.45, 7) is 8.26.